The van der Waals surface area contributed by atoms with Crippen LogP contribution in [0.15, 0.2) is 0 Å². The lowest BCUT2D eigenvalue weighted by Gasteiger charge is -2.33. The van der Waals surface area contributed by atoms with Crippen molar-refractivity contribution < 1.29 is 27.1 Å². The minimum absolute atomic E-state index is 0.161. The van der Waals surface area contributed by atoms with Crippen molar-refractivity contribution in [3.8, 4) is 0 Å². The van der Waals surface area contributed by atoms with E-state index in [1.165, 1.54) is 13.8 Å². The highest BCUT2D eigenvalue weighted by Gasteiger charge is 2.57. The Balaban J connectivity index is 4.47. The Morgan fingerprint density at radius 1 is 0.824 bits per heavy atom. The van der Waals surface area contributed by atoms with Crippen LogP contribution in [0.2, 0.25) is 0 Å². The van der Waals surface area contributed by atoms with E-state index in [-0.39, 0.29) is 12.8 Å². The Hall–Kier alpha value is -0.390. The van der Waals surface area contributed by atoms with E-state index in [4.69, 9.17) is 0 Å². The fraction of sp³-hybridized carbons (Fsp3) is 1.00. The molecule has 0 aromatic heterocycles. The van der Waals surface area contributed by atoms with Gasteiger partial charge in [-0.1, -0.05) is 13.8 Å². The van der Waals surface area contributed by atoms with Crippen molar-refractivity contribution in [2.75, 3.05) is 0 Å². The molecule has 0 rings (SSSR count). The van der Waals surface area contributed by atoms with Gasteiger partial charge in [-0.05, 0) is 32.1 Å². The topological polar surface area (TPSA) is 20.2 Å². The fourth-order valence-corrected chi connectivity index (χ4v) is 1.90. The monoisotopic (exact) mass is 262 g/mol. The average molecular weight is 262 g/mol. The highest BCUT2D eigenvalue weighted by molar-refractivity contribution is 4.83. The van der Waals surface area contributed by atoms with Gasteiger partial charge < -0.3 is 5.11 Å². The molecule has 0 saturated heterocycles. The van der Waals surface area contributed by atoms with E-state index in [9.17, 15) is 27.1 Å². The van der Waals surface area contributed by atoms with Gasteiger partial charge in [0.25, 0.3) is 0 Å². The van der Waals surface area contributed by atoms with Crippen molar-refractivity contribution in [3.05, 3.63) is 0 Å². The van der Waals surface area contributed by atoms with Gasteiger partial charge in [0.15, 0.2) is 0 Å². The van der Waals surface area contributed by atoms with Crippen molar-refractivity contribution in [2.45, 2.75) is 64.7 Å². The largest absolute Gasteiger partial charge is 0.453 e. The normalized spacial score (nSPS) is 15.2. The van der Waals surface area contributed by atoms with Crippen molar-refractivity contribution in [1.29, 1.82) is 0 Å². The van der Waals surface area contributed by atoms with Crippen molar-refractivity contribution in [2.24, 2.45) is 5.41 Å². The van der Waals surface area contributed by atoms with Crippen LogP contribution in [-0.4, -0.2) is 22.8 Å². The van der Waals surface area contributed by atoms with Gasteiger partial charge in [0.2, 0.25) is 0 Å². The first-order valence-corrected chi connectivity index (χ1v) is 5.33. The van der Waals surface area contributed by atoms with E-state index in [1.807, 2.05) is 0 Å². The summed E-state index contributed by atoms with van der Waals surface area (Å²) in [5.41, 5.74) is -1.86. The maximum absolute atomic E-state index is 12.7. The third-order valence-corrected chi connectivity index (χ3v) is 2.44. The van der Waals surface area contributed by atoms with Gasteiger partial charge >= 0.3 is 12.1 Å². The molecule has 0 unspecified atom stereocenters. The van der Waals surface area contributed by atoms with E-state index < -0.39 is 29.5 Å². The summed E-state index contributed by atoms with van der Waals surface area (Å²) >= 11 is 0. The standard InChI is InChI=1S/C11H19F5O/c1-8(2,7-9(3,4)17)5-6-10(12,13)11(14,15)16/h17H,5-7H2,1-4H3. The first-order chi connectivity index (χ1) is 7.16. The summed E-state index contributed by atoms with van der Waals surface area (Å²) in [7, 11) is 0. The Morgan fingerprint density at radius 2 is 1.24 bits per heavy atom. The predicted octanol–water partition coefficient (Wildman–Crippen LogP) is 4.15. The SMILES string of the molecule is CC(C)(O)CC(C)(C)CCC(F)(F)C(F)(F)F. The molecule has 0 saturated carbocycles. The summed E-state index contributed by atoms with van der Waals surface area (Å²) < 4.78 is 61.3. The minimum Gasteiger partial charge on any atom is -0.390 e. The van der Waals surface area contributed by atoms with Gasteiger partial charge in [-0.2, -0.15) is 22.0 Å². The molecule has 1 N–H and O–H groups in total. The summed E-state index contributed by atoms with van der Waals surface area (Å²) in [4.78, 5) is 0. The maximum atomic E-state index is 12.7. The van der Waals surface area contributed by atoms with Crippen LogP contribution in [0.5, 0.6) is 0 Å². The zero-order valence-corrected chi connectivity index (χ0v) is 10.5. The molecule has 0 radical (unpaired) electrons. The second-order valence-corrected chi connectivity index (χ2v) is 5.86. The van der Waals surface area contributed by atoms with Crippen molar-refractivity contribution >= 4 is 0 Å². The zero-order valence-electron chi connectivity index (χ0n) is 10.5. The van der Waals surface area contributed by atoms with Crippen LogP contribution in [-0.2, 0) is 0 Å². The maximum Gasteiger partial charge on any atom is 0.453 e. The first-order valence-electron chi connectivity index (χ1n) is 5.33. The van der Waals surface area contributed by atoms with Crippen LogP contribution in [0.3, 0.4) is 0 Å². The minimum atomic E-state index is -5.50. The molecule has 0 aliphatic rings. The lowest BCUT2D eigenvalue weighted by Crippen LogP contribution is -2.38. The number of hydrogen-bond donors (Lipinski definition) is 1. The molecule has 0 aromatic carbocycles. The Kier molecular flexibility index (Phi) is 4.60. The van der Waals surface area contributed by atoms with Crippen molar-refractivity contribution in [1.82, 2.24) is 0 Å². The number of rotatable bonds is 5. The molecule has 0 bridgehead atoms. The van der Waals surface area contributed by atoms with E-state index >= 15 is 0 Å². The van der Waals surface area contributed by atoms with Crippen LogP contribution in [0.4, 0.5) is 22.0 Å². The molecule has 0 aliphatic carbocycles. The first kappa shape index (κ1) is 16.6. The zero-order chi connectivity index (χ0) is 14.1. The third kappa shape index (κ3) is 6.19. The number of aliphatic hydroxyl groups is 1. The predicted molar refractivity (Wildman–Crippen MR) is 54.9 cm³/mol. The molecule has 17 heavy (non-hydrogen) atoms. The molecule has 104 valence electrons. The van der Waals surface area contributed by atoms with Crippen molar-refractivity contribution in [3.63, 3.8) is 0 Å². The van der Waals surface area contributed by atoms with Gasteiger partial charge in [0.05, 0.1) is 5.60 Å². The van der Waals surface area contributed by atoms with Gasteiger partial charge in [-0.15, -0.1) is 0 Å². The molecule has 0 aromatic rings. The second-order valence-electron chi connectivity index (χ2n) is 5.86. The van der Waals surface area contributed by atoms with Gasteiger partial charge in [-0.25, -0.2) is 0 Å². The molecule has 0 amide bonds. The smallest absolute Gasteiger partial charge is 0.390 e. The van der Waals surface area contributed by atoms with Gasteiger partial charge in [0, 0.05) is 6.42 Å². The highest BCUT2D eigenvalue weighted by atomic mass is 19.4. The van der Waals surface area contributed by atoms with E-state index in [1.54, 1.807) is 13.8 Å². The molecular formula is C11H19F5O. The van der Waals surface area contributed by atoms with Crippen LogP contribution < -0.4 is 0 Å². The summed E-state index contributed by atoms with van der Waals surface area (Å²) in [5, 5.41) is 9.53. The Labute approximate surface area is 98.0 Å². The highest BCUT2D eigenvalue weighted by Crippen LogP contribution is 2.42. The number of alkyl halides is 5. The van der Waals surface area contributed by atoms with Crippen LogP contribution >= 0.6 is 0 Å². The fourth-order valence-electron chi connectivity index (χ4n) is 1.90. The third-order valence-electron chi connectivity index (χ3n) is 2.44. The molecule has 0 aliphatic heterocycles. The summed E-state index contributed by atoms with van der Waals surface area (Å²) in [6.07, 6.45) is -6.89. The summed E-state index contributed by atoms with van der Waals surface area (Å²) in [6.45, 7) is 6.13. The lowest BCUT2D eigenvalue weighted by molar-refractivity contribution is -0.286. The van der Waals surface area contributed by atoms with Crippen LogP contribution in [0.1, 0.15) is 47.0 Å². The number of hydrogen-bond acceptors (Lipinski definition) is 1. The lowest BCUT2D eigenvalue weighted by atomic mass is 9.78. The average Bonchev–Trinajstić information content (AvgIpc) is 1.94. The van der Waals surface area contributed by atoms with Crippen LogP contribution in [0.25, 0.3) is 0 Å². The summed E-state index contributed by atoms with van der Waals surface area (Å²) in [6, 6.07) is 0. The summed E-state index contributed by atoms with van der Waals surface area (Å²) in [5.74, 6) is -4.66. The van der Waals surface area contributed by atoms with E-state index in [2.05, 4.69) is 0 Å². The Bertz CT molecular complexity index is 250. The Morgan fingerprint density at radius 3 is 1.53 bits per heavy atom. The van der Waals surface area contributed by atoms with E-state index in [0.29, 0.717) is 0 Å². The molecule has 0 fully saturated rings. The second kappa shape index (κ2) is 4.71. The van der Waals surface area contributed by atoms with Gasteiger partial charge in [0.1, 0.15) is 0 Å². The molecule has 0 spiro atoms. The quantitative estimate of drug-likeness (QED) is 0.738. The van der Waals surface area contributed by atoms with Crippen LogP contribution in [0, 0.1) is 5.41 Å². The molecular weight excluding hydrogens is 243 g/mol. The molecule has 1 nitrogen and oxygen atoms in total. The van der Waals surface area contributed by atoms with E-state index in [0.717, 1.165) is 0 Å². The number of halogens is 5. The molecule has 0 atom stereocenters. The molecule has 0 heterocycles. The van der Waals surface area contributed by atoms with Gasteiger partial charge in [-0.3, -0.25) is 0 Å². The molecule has 6 heteroatoms.